The molecule has 0 saturated heterocycles. The molecular formula is C11H7BrF3N3O. The zero-order valence-electron chi connectivity index (χ0n) is 9.28. The smallest absolute Gasteiger partial charge is 0.406 e. The molecule has 0 spiro atoms. The molecule has 0 fully saturated rings. The maximum atomic E-state index is 12.0. The molecule has 2 aromatic rings. The first-order chi connectivity index (χ1) is 8.92. The van der Waals surface area contributed by atoms with Crippen molar-refractivity contribution in [3.63, 3.8) is 0 Å². The highest BCUT2D eigenvalue weighted by molar-refractivity contribution is 9.10. The van der Waals surface area contributed by atoms with Gasteiger partial charge in [-0.15, -0.1) is 13.2 Å². The molecule has 0 amide bonds. The number of hydrogen-bond acceptors (Lipinski definition) is 4. The Balaban J connectivity index is 2.07. The van der Waals surface area contributed by atoms with Crippen molar-refractivity contribution in [1.82, 2.24) is 9.97 Å². The second-order valence-electron chi connectivity index (χ2n) is 3.42. The van der Waals surface area contributed by atoms with Gasteiger partial charge in [-0.2, -0.15) is 0 Å². The number of nitrogens with zero attached hydrogens (tertiary/aromatic N) is 2. The molecule has 1 N–H and O–H groups in total. The van der Waals surface area contributed by atoms with Gasteiger partial charge in [-0.25, -0.2) is 9.97 Å². The van der Waals surface area contributed by atoms with Crippen molar-refractivity contribution in [3.8, 4) is 5.75 Å². The molecule has 0 saturated carbocycles. The number of ether oxygens (including phenoxy) is 1. The number of rotatable bonds is 3. The van der Waals surface area contributed by atoms with Gasteiger partial charge in [0.2, 0.25) is 0 Å². The Kier molecular flexibility index (Phi) is 3.89. The molecule has 0 aliphatic carbocycles. The van der Waals surface area contributed by atoms with Crippen molar-refractivity contribution >= 4 is 27.4 Å². The third-order valence-electron chi connectivity index (χ3n) is 1.99. The van der Waals surface area contributed by atoms with Crippen molar-refractivity contribution in [3.05, 3.63) is 41.3 Å². The SMILES string of the molecule is FC(F)(F)Oc1ccc(Nc2cc(Br)ncn2)cc1. The Labute approximate surface area is 114 Å². The van der Waals surface area contributed by atoms with Gasteiger partial charge in [0.1, 0.15) is 22.5 Å². The van der Waals surface area contributed by atoms with Gasteiger partial charge in [-0.1, -0.05) is 0 Å². The summed E-state index contributed by atoms with van der Waals surface area (Å²) in [4.78, 5) is 7.81. The van der Waals surface area contributed by atoms with Gasteiger partial charge in [0.15, 0.2) is 0 Å². The highest BCUT2D eigenvalue weighted by Gasteiger charge is 2.30. The Hall–Kier alpha value is -1.83. The van der Waals surface area contributed by atoms with Gasteiger partial charge in [0.25, 0.3) is 0 Å². The molecule has 0 aliphatic rings. The summed E-state index contributed by atoms with van der Waals surface area (Å²) in [6.07, 6.45) is -3.33. The standard InChI is InChI=1S/C11H7BrF3N3O/c12-9-5-10(17-6-16-9)18-7-1-3-8(4-2-7)19-11(13,14)15/h1-6H,(H,16,17,18). The van der Waals surface area contributed by atoms with Crippen molar-refractivity contribution in [2.45, 2.75) is 6.36 Å². The van der Waals surface area contributed by atoms with Crippen LogP contribution in [0.15, 0.2) is 41.3 Å². The maximum Gasteiger partial charge on any atom is 0.573 e. The Morgan fingerprint density at radius 3 is 2.37 bits per heavy atom. The molecular weight excluding hydrogens is 327 g/mol. The number of alkyl halides is 3. The lowest BCUT2D eigenvalue weighted by Crippen LogP contribution is -2.16. The molecule has 1 aromatic heterocycles. The molecule has 0 bridgehead atoms. The summed E-state index contributed by atoms with van der Waals surface area (Å²) < 4.78 is 40.3. The first-order valence-electron chi connectivity index (χ1n) is 5.03. The lowest BCUT2D eigenvalue weighted by molar-refractivity contribution is -0.274. The molecule has 0 unspecified atom stereocenters. The molecule has 100 valence electrons. The Bertz CT molecular complexity index is 560. The van der Waals surface area contributed by atoms with Crippen LogP contribution in [-0.2, 0) is 0 Å². The van der Waals surface area contributed by atoms with Crippen LogP contribution in [0.1, 0.15) is 0 Å². The molecule has 19 heavy (non-hydrogen) atoms. The second-order valence-corrected chi connectivity index (χ2v) is 4.24. The monoisotopic (exact) mass is 333 g/mol. The van der Waals surface area contributed by atoms with Crippen molar-refractivity contribution in [2.75, 3.05) is 5.32 Å². The minimum Gasteiger partial charge on any atom is -0.406 e. The van der Waals surface area contributed by atoms with Gasteiger partial charge in [0.05, 0.1) is 0 Å². The van der Waals surface area contributed by atoms with Crippen LogP contribution in [0, 0.1) is 0 Å². The van der Waals surface area contributed by atoms with E-state index in [4.69, 9.17) is 0 Å². The molecule has 0 aliphatic heterocycles. The van der Waals surface area contributed by atoms with Crippen LogP contribution in [0.4, 0.5) is 24.7 Å². The van der Waals surface area contributed by atoms with Crippen molar-refractivity contribution in [1.29, 1.82) is 0 Å². The highest BCUT2D eigenvalue weighted by Crippen LogP contribution is 2.25. The predicted octanol–water partition coefficient (Wildman–Crippen LogP) is 3.88. The highest BCUT2D eigenvalue weighted by atomic mass is 79.9. The summed E-state index contributed by atoms with van der Waals surface area (Å²) in [5, 5.41) is 2.92. The van der Waals surface area contributed by atoms with E-state index in [9.17, 15) is 13.2 Å². The molecule has 0 radical (unpaired) electrons. The van der Waals surface area contributed by atoms with Crippen LogP contribution in [0.3, 0.4) is 0 Å². The van der Waals surface area contributed by atoms with E-state index < -0.39 is 6.36 Å². The minimum atomic E-state index is -4.69. The van der Waals surface area contributed by atoms with E-state index in [1.54, 1.807) is 6.07 Å². The fourth-order valence-electron chi connectivity index (χ4n) is 1.29. The summed E-state index contributed by atoms with van der Waals surface area (Å²) >= 11 is 3.18. The zero-order valence-corrected chi connectivity index (χ0v) is 10.9. The third kappa shape index (κ3) is 4.40. The number of benzene rings is 1. The van der Waals surface area contributed by atoms with E-state index in [0.29, 0.717) is 16.1 Å². The van der Waals surface area contributed by atoms with E-state index in [0.717, 1.165) is 0 Å². The summed E-state index contributed by atoms with van der Waals surface area (Å²) in [7, 11) is 0. The zero-order chi connectivity index (χ0) is 13.9. The molecule has 4 nitrogen and oxygen atoms in total. The molecule has 0 atom stereocenters. The van der Waals surface area contributed by atoms with Gasteiger partial charge < -0.3 is 10.1 Å². The largest absolute Gasteiger partial charge is 0.573 e. The van der Waals surface area contributed by atoms with Gasteiger partial charge in [0, 0.05) is 11.8 Å². The summed E-state index contributed by atoms with van der Waals surface area (Å²) in [6.45, 7) is 0. The lowest BCUT2D eigenvalue weighted by Gasteiger charge is -2.10. The number of hydrogen-bond donors (Lipinski definition) is 1. The molecule has 8 heteroatoms. The van der Waals surface area contributed by atoms with E-state index in [2.05, 4.69) is 36.0 Å². The van der Waals surface area contributed by atoms with Gasteiger partial charge in [-0.3, -0.25) is 0 Å². The van der Waals surface area contributed by atoms with Crippen LogP contribution in [0.5, 0.6) is 5.75 Å². The van der Waals surface area contributed by atoms with Crippen molar-refractivity contribution < 1.29 is 17.9 Å². The molecule has 1 heterocycles. The van der Waals surface area contributed by atoms with Crippen LogP contribution in [-0.4, -0.2) is 16.3 Å². The van der Waals surface area contributed by atoms with Crippen molar-refractivity contribution in [2.24, 2.45) is 0 Å². The van der Waals surface area contributed by atoms with E-state index in [1.165, 1.54) is 30.6 Å². The molecule has 2 rings (SSSR count). The number of nitrogens with one attached hydrogen (secondary N) is 1. The predicted molar refractivity (Wildman–Crippen MR) is 66.1 cm³/mol. The first-order valence-corrected chi connectivity index (χ1v) is 5.82. The normalized spacial score (nSPS) is 11.2. The summed E-state index contributed by atoms with van der Waals surface area (Å²) in [5.74, 6) is 0.244. The molecule has 1 aromatic carbocycles. The topological polar surface area (TPSA) is 47.0 Å². The van der Waals surface area contributed by atoms with Gasteiger partial charge >= 0.3 is 6.36 Å². The fourth-order valence-corrected chi connectivity index (χ4v) is 1.60. The first kappa shape index (κ1) is 13.6. The average Bonchev–Trinajstić information content (AvgIpc) is 2.30. The van der Waals surface area contributed by atoms with Gasteiger partial charge in [-0.05, 0) is 40.2 Å². The maximum absolute atomic E-state index is 12.0. The van der Waals surface area contributed by atoms with E-state index in [-0.39, 0.29) is 5.75 Å². The van der Waals surface area contributed by atoms with E-state index in [1.807, 2.05) is 0 Å². The quantitative estimate of drug-likeness (QED) is 0.866. The third-order valence-corrected chi connectivity index (χ3v) is 2.43. The average molecular weight is 334 g/mol. The lowest BCUT2D eigenvalue weighted by atomic mass is 10.3. The number of anilines is 2. The fraction of sp³-hybridized carbons (Fsp3) is 0.0909. The minimum absolute atomic E-state index is 0.276. The second kappa shape index (κ2) is 5.43. The van der Waals surface area contributed by atoms with Crippen LogP contribution in [0.2, 0.25) is 0 Å². The van der Waals surface area contributed by atoms with E-state index >= 15 is 0 Å². The van der Waals surface area contributed by atoms with Crippen LogP contribution in [0.25, 0.3) is 0 Å². The Morgan fingerprint density at radius 2 is 1.79 bits per heavy atom. The summed E-state index contributed by atoms with van der Waals surface area (Å²) in [5.41, 5.74) is 0.583. The van der Waals surface area contributed by atoms with Crippen LogP contribution < -0.4 is 10.1 Å². The Morgan fingerprint density at radius 1 is 1.11 bits per heavy atom. The summed E-state index contributed by atoms with van der Waals surface area (Å²) in [6, 6.07) is 6.98. The van der Waals surface area contributed by atoms with Crippen LogP contribution >= 0.6 is 15.9 Å². The number of aromatic nitrogens is 2. The number of halogens is 4.